The topological polar surface area (TPSA) is 67.3 Å². The quantitative estimate of drug-likeness (QED) is 0.459. The number of benzene rings is 1. The van der Waals surface area contributed by atoms with Crippen molar-refractivity contribution >= 4 is 30.7 Å². The van der Waals surface area contributed by atoms with Gasteiger partial charge < -0.3 is 9.47 Å². The summed E-state index contributed by atoms with van der Waals surface area (Å²) in [7, 11) is 1.62. The highest BCUT2D eigenvalue weighted by Crippen LogP contribution is 2.27. The van der Waals surface area contributed by atoms with Crippen molar-refractivity contribution in [2.45, 2.75) is 19.8 Å². The second-order valence-electron chi connectivity index (χ2n) is 4.53. The van der Waals surface area contributed by atoms with E-state index >= 15 is 0 Å². The van der Waals surface area contributed by atoms with Gasteiger partial charge in [0.2, 0.25) is 9.54 Å². The Morgan fingerprint density at radius 1 is 1.23 bits per heavy atom. The third-order valence-corrected chi connectivity index (χ3v) is 3.48. The Hall–Kier alpha value is -1.93. The zero-order chi connectivity index (χ0) is 15.9. The number of H-pyrrole nitrogens is 2. The lowest BCUT2D eigenvalue weighted by molar-refractivity contribution is 0.288. The zero-order valence-electron chi connectivity index (χ0n) is 12.5. The van der Waals surface area contributed by atoms with Gasteiger partial charge in [-0.15, -0.1) is 0 Å². The number of ether oxygens (including phenoxy) is 2. The van der Waals surface area contributed by atoms with Gasteiger partial charge in [0, 0.05) is 0 Å². The van der Waals surface area contributed by atoms with Gasteiger partial charge in [-0.3, -0.25) is 10.2 Å². The van der Waals surface area contributed by atoms with Gasteiger partial charge in [-0.05, 0) is 54.6 Å². The third-order valence-electron chi connectivity index (χ3n) is 2.93. The summed E-state index contributed by atoms with van der Waals surface area (Å²) in [6.45, 7) is 2.77. The van der Waals surface area contributed by atoms with Crippen LogP contribution in [0.5, 0.6) is 11.5 Å². The van der Waals surface area contributed by atoms with Crippen LogP contribution < -0.4 is 9.47 Å². The largest absolute Gasteiger partial charge is 0.493 e. The summed E-state index contributed by atoms with van der Waals surface area (Å²) < 4.78 is 13.3. The van der Waals surface area contributed by atoms with Crippen LogP contribution in [-0.4, -0.2) is 34.8 Å². The fourth-order valence-corrected chi connectivity index (χ4v) is 2.18. The maximum Gasteiger partial charge on any atom is 0.215 e. The Labute approximate surface area is 138 Å². The third kappa shape index (κ3) is 4.05. The van der Waals surface area contributed by atoms with Crippen LogP contribution in [0.1, 0.15) is 25.3 Å². The highest BCUT2D eigenvalue weighted by atomic mass is 32.1. The second-order valence-corrected chi connectivity index (χ2v) is 5.30. The fraction of sp³-hybridized carbons (Fsp3) is 0.357. The molecule has 0 atom stereocenters. The van der Waals surface area contributed by atoms with Crippen LogP contribution in [-0.2, 0) is 0 Å². The van der Waals surface area contributed by atoms with Crippen LogP contribution >= 0.6 is 24.4 Å². The number of hydrogen-bond donors (Lipinski definition) is 2. The van der Waals surface area contributed by atoms with E-state index < -0.39 is 0 Å². The smallest absolute Gasteiger partial charge is 0.215 e. The minimum atomic E-state index is 0.411. The van der Waals surface area contributed by atoms with Crippen molar-refractivity contribution in [3.05, 3.63) is 33.3 Å². The highest BCUT2D eigenvalue weighted by molar-refractivity contribution is 7.72. The molecule has 0 saturated heterocycles. The van der Waals surface area contributed by atoms with Gasteiger partial charge in [0.05, 0.1) is 19.9 Å². The minimum absolute atomic E-state index is 0.411. The number of aromatic nitrogens is 3. The van der Waals surface area contributed by atoms with Crippen LogP contribution in [0.4, 0.5) is 0 Å². The van der Waals surface area contributed by atoms with Crippen molar-refractivity contribution in [3.8, 4) is 11.5 Å². The summed E-state index contributed by atoms with van der Waals surface area (Å²) >= 11 is 10.2. The molecule has 1 aromatic carbocycles. The predicted octanol–water partition coefficient (Wildman–Crippen LogP) is 3.67. The van der Waals surface area contributed by atoms with Gasteiger partial charge in [0.25, 0.3) is 0 Å². The Morgan fingerprint density at radius 2 is 1.95 bits per heavy atom. The summed E-state index contributed by atoms with van der Waals surface area (Å²) in [6, 6.07) is 5.61. The Morgan fingerprint density at radius 3 is 2.59 bits per heavy atom. The van der Waals surface area contributed by atoms with E-state index in [1.54, 1.807) is 13.3 Å². The van der Waals surface area contributed by atoms with E-state index in [9.17, 15) is 0 Å². The normalized spacial score (nSPS) is 11.0. The lowest BCUT2D eigenvalue weighted by atomic mass is 10.2. The average Bonchev–Trinajstić information content (AvgIpc) is 2.84. The van der Waals surface area contributed by atoms with Crippen LogP contribution in [0.2, 0.25) is 0 Å². The number of rotatable bonds is 7. The number of methoxy groups -OCH3 is 1. The van der Waals surface area contributed by atoms with Gasteiger partial charge in [0.15, 0.2) is 11.5 Å². The van der Waals surface area contributed by atoms with E-state index in [1.807, 2.05) is 18.2 Å². The van der Waals surface area contributed by atoms with Gasteiger partial charge in [-0.25, -0.2) is 0 Å². The van der Waals surface area contributed by atoms with E-state index in [-0.39, 0.29) is 0 Å². The lowest BCUT2D eigenvalue weighted by Crippen LogP contribution is -2.00. The molecule has 0 aliphatic rings. The number of aromatic amines is 2. The first-order valence-electron chi connectivity index (χ1n) is 6.90. The second kappa shape index (κ2) is 7.90. The maximum atomic E-state index is 5.75. The van der Waals surface area contributed by atoms with Gasteiger partial charge in [-0.1, -0.05) is 13.3 Å². The molecule has 2 aromatic rings. The molecule has 0 bridgehead atoms. The summed E-state index contributed by atoms with van der Waals surface area (Å²) in [4.78, 5) is 0. The van der Waals surface area contributed by atoms with Crippen molar-refractivity contribution in [2.75, 3.05) is 13.7 Å². The molecule has 0 spiro atoms. The molecule has 0 fully saturated rings. The first-order valence-corrected chi connectivity index (χ1v) is 7.72. The van der Waals surface area contributed by atoms with Crippen molar-refractivity contribution < 1.29 is 9.47 Å². The monoisotopic (exact) mass is 338 g/mol. The number of nitrogens with one attached hydrogen (secondary N) is 2. The van der Waals surface area contributed by atoms with Gasteiger partial charge in [-0.2, -0.15) is 9.78 Å². The molecular formula is C14H18N4O2S2. The summed E-state index contributed by atoms with van der Waals surface area (Å²) in [5, 5.41) is 9.71. The lowest BCUT2D eigenvalue weighted by Gasteiger charge is -2.10. The fourth-order valence-electron chi connectivity index (χ4n) is 1.75. The summed E-state index contributed by atoms with van der Waals surface area (Å²) in [6.07, 6.45) is 3.74. The van der Waals surface area contributed by atoms with E-state index in [1.165, 1.54) is 4.68 Å². The molecule has 1 heterocycles. The van der Waals surface area contributed by atoms with Crippen LogP contribution in [0, 0.1) is 9.54 Å². The predicted molar refractivity (Wildman–Crippen MR) is 91.2 cm³/mol. The number of nitrogens with zero attached hydrogens (tertiary/aromatic N) is 2. The minimum Gasteiger partial charge on any atom is -0.493 e. The molecule has 0 amide bonds. The standard InChI is InChI=1S/C14H18N4O2S2/c1-3-4-7-20-12-8-10(5-6-11(12)19-2)9-15-18-13(21)16-17-14(18)22/h5-6,8-9H,3-4,7H2,1-2H3,(H,16,21)(H,17,22)/b15-9-. The maximum absolute atomic E-state index is 5.75. The van der Waals surface area contributed by atoms with Crippen LogP contribution in [0.3, 0.4) is 0 Å². The van der Waals surface area contributed by atoms with E-state index in [0.29, 0.717) is 27.6 Å². The Balaban J connectivity index is 2.23. The molecule has 22 heavy (non-hydrogen) atoms. The van der Waals surface area contributed by atoms with Gasteiger partial charge in [0.1, 0.15) is 0 Å². The molecule has 0 aliphatic carbocycles. The molecule has 0 unspecified atom stereocenters. The first kappa shape index (κ1) is 16.4. The van der Waals surface area contributed by atoms with Crippen molar-refractivity contribution in [1.82, 2.24) is 14.9 Å². The molecular weight excluding hydrogens is 320 g/mol. The number of unbranched alkanes of at least 4 members (excludes halogenated alkanes) is 1. The molecule has 8 heteroatoms. The molecule has 2 rings (SSSR count). The van der Waals surface area contributed by atoms with Crippen molar-refractivity contribution in [1.29, 1.82) is 0 Å². The van der Waals surface area contributed by atoms with Crippen LogP contribution in [0.15, 0.2) is 23.3 Å². The molecule has 0 radical (unpaired) electrons. The molecule has 1 aromatic heterocycles. The van der Waals surface area contributed by atoms with E-state index in [0.717, 1.165) is 18.4 Å². The molecule has 2 N–H and O–H groups in total. The SMILES string of the molecule is CCCCOc1cc(/C=N\n2c(=S)[nH][nH]c2=S)ccc1OC. The Bertz CT molecular complexity index is 733. The number of hydrogen-bond acceptors (Lipinski definition) is 5. The Kier molecular flexibility index (Phi) is 5.91. The molecule has 0 aliphatic heterocycles. The highest BCUT2D eigenvalue weighted by Gasteiger charge is 2.05. The molecule has 0 saturated carbocycles. The van der Waals surface area contributed by atoms with Crippen molar-refractivity contribution in [2.24, 2.45) is 5.10 Å². The first-order chi connectivity index (χ1) is 10.7. The van der Waals surface area contributed by atoms with Gasteiger partial charge >= 0.3 is 0 Å². The van der Waals surface area contributed by atoms with Crippen LogP contribution in [0.25, 0.3) is 0 Å². The molecule has 6 nitrogen and oxygen atoms in total. The molecule has 118 valence electrons. The average molecular weight is 338 g/mol. The van der Waals surface area contributed by atoms with E-state index in [2.05, 4.69) is 22.2 Å². The summed E-state index contributed by atoms with van der Waals surface area (Å²) in [5.41, 5.74) is 0.866. The van der Waals surface area contributed by atoms with E-state index in [4.69, 9.17) is 33.9 Å². The van der Waals surface area contributed by atoms with Crippen molar-refractivity contribution in [3.63, 3.8) is 0 Å². The summed E-state index contributed by atoms with van der Waals surface area (Å²) in [5.74, 6) is 1.39. The zero-order valence-corrected chi connectivity index (χ0v) is 14.1.